The molecule has 1 fully saturated rings. The maximum Gasteiger partial charge on any atom is 0.177 e. The van der Waals surface area contributed by atoms with Gasteiger partial charge in [0.1, 0.15) is 5.82 Å². The van der Waals surface area contributed by atoms with E-state index in [1.54, 1.807) is 7.11 Å². The first-order chi connectivity index (χ1) is 8.26. The number of nitrogens with one attached hydrogen (secondary N) is 2. The second kappa shape index (κ2) is 4.09. The first kappa shape index (κ1) is 10.7. The second-order valence-electron chi connectivity index (χ2n) is 4.56. The summed E-state index contributed by atoms with van der Waals surface area (Å²) in [5, 5.41) is 3.40. The van der Waals surface area contributed by atoms with E-state index in [1.165, 1.54) is 0 Å². The van der Waals surface area contributed by atoms with E-state index in [9.17, 15) is 0 Å². The molecule has 2 atom stereocenters. The van der Waals surface area contributed by atoms with Gasteiger partial charge in [0.15, 0.2) is 5.65 Å². The van der Waals surface area contributed by atoms with Crippen LogP contribution in [0.25, 0.3) is 11.2 Å². The van der Waals surface area contributed by atoms with Crippen LogP contribution in [0.3, 0.4) is 0 Å². The molecular formula is C12H16N4O. The van der Waals surface area contributed by atoms with Crippen molar-refractivity contribution < 1.29 is 4.74 Å². The Morgan fingerprint density at radius 2 is 2.35 bits per heavy atom. The van der Waals surface area contributed by atoms with Gasteiger partial charge in [-0.3, -0.25) is 0 Å². The van der Waals surface area contributed by atoms with Crippen LogP contribution in [0.15, 0.2) is 12.3 Å². The number of ether oxygens (including phenoxy) is 1. The van der Waals surface area contributed by atoms with Crippen molar-refractivity contribution >= 4 is 11.2 Å². The highest BCUT2D eigenvalue weighted by molar-refractivity contribution is 5.71. The van der Waals surface area contributed by atoms with Gasteiger partial charge in [0.25, 0.3) is 0 Å². The molecule has 3 rings (SSSR count). The first-order valence-electron chi connectivity index (χ1n) is 5.84. The number of aromatic amines is 1. The molecule has 1 saturated heterocycles. The molecule has 3 heterocycles. The van der Waals surface area contributed by atoms with Crippen LogP contribution in [0.5, 0.6) is 0 Å². The lowest BCUT2D eigenvalue weighted by Gasteiger charge is -2.05. The van der Waals surface area contributed by atoms with Gasteiger partial charge in [-0.2, -0.15) is 0 Å². The third kappa shape index (κ3) is 1.92. The van der Waals surface area contributed by atoms with Crippen molar-refractivity contribution in [2.45, 2.75) is 25.5 Å². The van der Waals surface area contributed by atoms with Crippen LogP contribution in [0, 0.1) is 6.92 Å². The Labute approximate surface area is 99.6 Å². The van der Waals surface area contributed by atoms with Crippen molar-refractivity contribution in [2.24, 2.45) is 0 Å². The van der Waals surface area contributed by atoms with Gasteiger partial charge in [0.05, 0.1) is 17.7 Å². The molecule has 0 spiro atoms. The summed E-state index contributed by atoms with van der Waals surface area (Å²) in [6.45, 7) is 2.91. The van der Waals surface area contributed by atoms with Crippen molar-refractivity contribution in [3.8, 4) is 0 Å². The smallest absolute Gasteiger partial charge is 0.177 e. The molecule has 0 radical (unpaired) electrons. The maximum absolute atomic E-state index is 5.34. The molecule has 1 aliphatic heterocycles. The lowest BCUT2D eigenvalue weighted by Crippen LogP contribution is -2.16. The number of hydrogen-bond donors (Lipinski definition) is 2. The molecule has 0 bridgehead atoms. The minimum Gasteiger partial charge on any atom is -0.380 e. The van der Waals surface area contributed by atoms with Crippen molar-refractivity contribution in [1.82, 2.24) is 20.3 Å². The third-order valence-electron chi connectivity index (χ3n) is 3.25. The largest absolute Gasteiger partial charge is 0.380 e. The summed E-state index contributed by atoms with van der Waals surface area (Å²) in [6.07, 6.45) is 3.07. The number of methoxy groups -OCH3 is 1. The number of fused-ring (bicyclic) bond motifs is 1. The molecule has 2 N–H and O–H groups in total. The fraction of sp³-hybridized carbons (Fsp3) is 0.500. The van der Waals surface area contributed by atoms with Crippen molar-refractivity contribution in [3.63, 3.8) is 0 Å². The van der Waals surface area contributed by atoms with E-state index in [0.717, 1.165) is 35.5 Å². The fourth-order valence-electron chi connectivity index (χ4n) is 2.28. The lowest BCUT2D eigenvalue weighted by atomic mass is 10.2. The van der Waals surface area contributed by atoms with E-state index in [1.807, 2.05) is 13.1 Å². The highest BCUT2D eigenvalue weighted by Gasteiger charge is 2.27. The van der Waals surface area contributed by atoms with Gasteiger partial charge in [-0.1, -0.05) is 0 Å². The third-order valence-corrected chi connectivity index (χ3v) is 3.25. The Bertz CT molecular complexity index is 536. The standard InChI is InChI=1S/C12H16N4O/c1-7-3-10-11(14-5-7)16-12(15-10)9-4-8(17-2)6-13-9/h3,5,8-9,13H,4,6H2,1-2H3,(H,14,15,16). The molecule has 5 heteroatoms. The van der Waals surface area contributed by atoms with Crippen LogP contribution in [0.2, 0.25) is 0 Å². The summed E-state index contributed by atoms with van der Waals surface area (Å²) >= 11 is 0. The highest BCUT2D eigenvalue weighted by Crippen LogP contribution is 2.24. The van der Waals surface area contributed by atoms with Crippen molar-refractivity contribution in [3.05, 3.63) is 23.7 Å². The zero-order chi connectivity index (χ0) is 11.8. The Morgan fingerprint density at radius 3 is 3.12 bits per heavy atom. The van der Waals surface area contributed by atoms with Crippen LogP contribution >= 0.6 is 0 Å². The van der Waals surface area contributed by atoms with Crippen LogP contribution in [-0.4, -0.2) is 34.7 Å². The predicted molar refractivity (Wildman–Crippen MR) is 64.8 cm³/mol. The van der Waals surface area contributed by atoms with Crippen LogP contribution in [-0.2, 0) is 4.74 Å². The monoisotopic (exact) mass is 232 g/mol. The number of hydrogen-bond acceptors (Lipinski definition) is 4. The number of pyridine rings is 1. The number of aryl methyl sites for hydroxylation is 1. The molecular weight excluding hydrogens is 216 g/mol. The number of rotatable bonds is 2. The van der Waals surface area contributed by atoms with E-state index >= 15 is 0 Å². The highest BCUT2D eigenvalue weighted by atomic mass is 16.5. The predicted octanol–water partition coefficient (Wildman–Crippen LogP) is 1.32. The molecule has 0 aliphatic carbocycles. The van der Waals surface area contributed by atoms with Gasteiger partial charge in [0, 0.05) is 19.9 Å². The minimum absolute atomic E-state index is 0.245. The summed E-state index contributed by atoms with van der Waals surface area (Å²) in [5.41, 5.74) is 2.93. The van der Waals surface area contributed by atoms with E-state index in [4.69, 9.17) is 4.74 Å². The SMILES string of the molecule is COC1CNC(c2nc3ncc(C)cc3[nH]2)C1. The summed E-state index contributed by atoms with van der Waals surface area (Å²) < 4.78 is 5.34. The Balaban J connectivity index is 1.91. The first-order valence-corrected chi connectivity index (χ1v) is 5.84. The minimum atomic E-state index is 0.245. The molecule has 0 amide bonds. The number of imidazole rings is 1. The fourth-order valence-corrected chi connectivity index (χ4v) is 2.28. The average Bonchev–Trinajstić information content (AvgIpc) is 2.93. The van der Waals surface area contributed by atoms with Gasteiger partial charge >= 0.3 is 0 Å². The van der Waals surface area contributed by atoms with Gasteiger partial charge in [-0.05, 0) is 25.0 Å². The van der Waals surface area contributed by atoms with Gasteiger partial charge in [0.2, 0.25) is 0 Å². The Kier molecular flexibility index (Phi) is 2.57. The Morgan fingerprint density at radius 1 is 1.47 bits per heavy atom. The van der Waals surface area contributed by atoms with Crippen LogP contribution in [0.4, 0.5) is 0 Å². The molecule has 17 heavy (non-hydrogen) atoms. The number of aromatic nitrogens is 3. The van der Waals surface area contributed by atoms with Crippen LogP contribution < -0.4 is 5.32 Å². The molecule has 1 aliphatic rings. The van der Waals surface area contributed by atoms with Gasteiger partial charge in [-0.25, -0.2) is 9.97 Å². The van der Waals surface area contributed by atoms with E-state index in [0.29, 0.717) is 0 Å². The maximum atomic E-state index is 5.34. The van der Waals surface area contributed by atoms with Gasteiger partial charge in [-0.15, -0.1) is 0 Å². The molecule has 0 saturated carbocycles. The molecule has 5 nitrogen and oxygen atoms in total. The molecule has 0 aromatic carbocycles. The number of nitrogens with zero attached hydrogens (tertiary/aromatic N) is 2. The summed E-state index contributed by atoms with van der Waals surface area (Å²) in [5.74, 6) is 0.956. The summed E-state index contributed by atoms with van der Waals surface area (Å²) in [6, 6.07) is 2.32. The molecule has 2 unspecified atom stereocenters. The van der Waals surface area contributed by atoms with Crippen molar-refractivity contribution in [2.75, 3.05) is 13.7 Å². The topological polar surface area (TPSA) is 62.8 Å². The number of H-pyrrole nitrogens is 1. The van der Waals surface area contributed by atoms with E-state index in [-0.39, 0.29) is 12.1 Å². The van der Waals surface area contributed by atoms with Crippen LogP contribution in [0.1, 0.15) is 23.9 Å². The molecule has 90 valence electrons. The van der Waals surface area contributed by atoms with Gasteiger partial charge < -0.3 is 15.0 Å². The molecule has 2 aromatic rings. The Hall–Kier alpha value is -1.46. The summed E-state index contributed by atoms with van der Waals surface area (Å²) in [7, 11) is 1.75. The summed E-state index contributed by atoms with van der Waals surface area (Å²) in [4.78, 5) is 12.2. The lowest BCUT2D eigenvalue weighted by molar-refractivity contribution is 0.117. The second-order valence-corrected chi connectivity index (χ2v) is 4.56. The van der Waals surface area contributed by atoms with Crippen molar-refractivity contribution in [1.29, 1.82) is 0 Å². The zero-order valence-electron chi connectivity index (χ0n) is 10.0. The normalized spacial score (nSPS) is 24.6. The zero-order valence-corrected chi connectivity index (χ0v) is 10.0. The molecule has 2 aromatic heterocycles. The average molecular weight is 232 g/mol. The van der Waals surface area contributed by atoms with E-state index in [2.05, 4.69) is 26.3 Å². The van der Waals surface area contributed by atoms with E-state index < -0.39 is 0 Å². The quantitative estimate of drug-likeness (QED) is 0.819.